The summed E-state index contributed by atoms with van der Waals surface area (Å²) in [6.45, 7) is 1.99. The van der Waals surface area contributed by atoms with Gasteiger partial charge in [-0.05, 0) is 49.6 Å². The molecule has 1 atom stereocenters. The van der Waals surface area contributed by atoms with Gasteiger partial charge in [0.15, 0.2) is 0 Å². The maximum Gasteiger partial charge on any atom is 0.124 e. The molecule has 100 valence electrons. The van der Waals surface area contributed by atoms with Crippen molar-refractivity contribution in [2.24, 2.45) is 0 Å². The van der Waals surface area contributed by atoms with Crippen LogP contribution in [-0.2, 0) is 6.54 Å². The first kappa shape index (κ1) is 14.5. The van der Waals surface area contributed by atoms with Crippen LogP contribution in [0.1, 0.15) is 31.2 Å². The third-order valence-electron chi connectivity index (χ3n) is 3.50. The first-order chi connectivity index (χ1) is 8.69. The van der Waals surface area contributed by atoms with E-state index in [2.05, 4.69) is 36.8 Å². The minimum atomic E-state index is -0.159. The first-order valence-corrected chi connectivity index (χ1v) is 8.35. The van der Waals surface area contributed by atoms with Gasteiger partial charge in [0.1, 0.15) is 5.82 Å². The van der Waals surface area contributed by atoms with E-state index in [9.17, 15) is 4.39 Å². The summed E-state index contributed by atoms with van der Waals surface area (Å²) < 4.78 is 14.2. The Kier molecular flexibility index (Phi) is 5.64. The Morgan fingerprint density at radius 2 is 2.11 bits per heavy atom. The summed E-state index contributed by atoms with van der Waals surface area (Å²) in [5, 5.41) is 1.04. The van der Waals surface area contributed by atoms with E-state index >= 15 is 0 Å². The quantitative estimate of drug-likeness (QED) is 0.684. The average molecular weight is 379 g/mol. The van der Waals surface area contributed by atoms with Crippen LogP contribution < -0.4 is 0 Å². The number of hydrogen-bond donors (Lipinski definition) is 0. The Morgan fingerprint density at radius 1 is 1.28 bits per heavy atom. The number of rotatable bonds is 4. The Morgan fingerprint density at radius 3 is 2.83 bits per heavy atom. The zero-order valence-electron chi connectivity index (χ0n) is 10.3. The Hall–Kier alpha value is 0.0700. The van der Waals surface area contributed by atoms with Crippen molar-refractivity contribution in [2.45, 2.75) is 38.3 Å². The number of alkyl halides is 1. The molecule has 2 rings (SSSR count). The minimum absolute atomic E-state index is 0.159. The van der Waals surface area contributed by atoms with E-state index in [-0.39, 0.29) is 5.82 Å². The molecule has 0 spiro atoms. The molecule has 0 aliphatic carbocycles. The van der Waals surface area contributed by atoms with Gasteiger partial charge in [-0.3, -0.25) is 4.90 Å². The normalized spacial score (nSPS) is 21.2. The van der Waals surface area contributed by atoms with E-state index in [1.165, 1.54) is 31.7 Å². The summed E-state index contributed by atoms with van der Waals surface area (Å²) in [6.07, 6.45) is 5.02. The van der Waals surface area contributed by atoms with Crippen molar-refractivity contribution in [3.63, 3.8) is 0 Å². The maximum absolute atomic E-state index is 13.4. The van der Waals surface area contributed by atoms with E-state index < -0.39 is 0 Å². The highest BCUT2D eigenvalue weighted by Crippen LogP contribution is 2.24. The van der Waals surface area contributed by atoms with Gasteiger partial charge in [-0.1, -0.05) is 38.3 Å². The fourth-order valence-electron chi connectivity index (χ4n) is 2.66. The van der Waals surface area contributed by atoms with Crippen molar-refractivity contribution in [3.8, 4) is 0 Å². The molecular weight excluding hydrogens is 361 g/mol. The lowest BCUT2D eigenvalue weighted by molar-refractivity contribution is 0.137. The average Bonchev–Trinajstić information content (AvgIpc) is 2.30. The van der Waals surface area contributed by atoms with Gasteiger partial charge < -0.3 is 0 Å². The molecule has 1 aliphatic rings. The van der Waals surface area contributed by atoms with Gasteiger partial charge in [-0.15, -0.1) is 0 Å². The lowest BCUT2D eigenvalue weighted by Gasteiger charge is -2.35. The number of likely N-dealkylation sites (tertiary alicyclic amines) is 1. The van der Waals surface area contributed by atoms with Crippen molar-refractivity contribution in [2.75, 3.05) is 11.9 Å². The van der Waals surface area contributed by atoms with Gasteiger partial charge in [0, 0.05) is 22.4 Å². The molecule has 1 fully saturated rings. The molecular formula is C14H18Br2FN. The summed E-state index contributed by atoms with van der Waals surface area (Å²) >= 11 is 6.88. The number of hydrogen-bond acceptors (Lipinski definition) is 1. The van der Waals surface area contributed by atoms with Crippen LogP contribution in [-0.4, -0.2) is 22.8 Å². The second-order valence-corrected chi connectivity index (χ2v) is 6.58. The predicted molar refractivity (Wildman–Crippen MR) is 80.6 cm³/mol. The van der Waals surface area contributed by atoms with Crippen LogP contribution in [0.3, 0.4) is 0 Å². The second kappa shape index (κ2) is 7.01. The molecule has 1 unspecified atom stereocenters. The molecule has 4 heteroatoms. The van der Waals surface area contributed by atoms with Crippen LogP contribution in [0.5, 0.6) is 0 Å². The Bertz CT molecular complexity index is 375. The van der Waals surface area contributed by atoms with E-state index in [0.717, 1.165) is 28.5 Å². The molecule has 1 heterocycles. The van der Waals surface area contributed by atoms with Crippen molar-refractivity contribution < 1.29 is 4.39 Å². The molecule has 0 N–H and O–H groups in total. The van der Waals surface area contributed by atoms with Crippen molar-refractivity contribution in [3.05, 3.63) is 34.1 Å². The summed E-state index contributed by atoms with van der Waals surface area (Å²) in [4.78, 5) is 2.49. The number of benzene rings is 1. The molecule has 0 amide bonds. The molecule has 0 saturated carbocycles. The third kappa shape index (κ3) is 4.04. The van der Waals surface area contributed by atoms with Gasteiger partial charge in [0.25, 0.3) is 0 Å². The highest BCUT2D eigenvalue weighted by atomic mass is 79.9. The molecule has 1 aromatic carbocycles. The van der Waals surface area contributed by atoms with Crippen LogP contribution in [0, 0.1) is 5.82 Å². The fraction of sp³-hybridized carbons (Fsp3) is 0.571. The SMILES string of the molecule is Fc1cc(Br)cc(CN2CCCCC2CCBr)c1. The second-order valence-electron chi connectivity index (χ2n) is 4.88. The standard InChI is InChI=1S/C14H18Br2FN/c15-5-4-14-3-1-2-6-18(14)10-11-7-12(16)9-13(17)8-11/h7-9,14H,1-6,10H2. The fourth-order valence-corrected chi connectivity index (χ4v) is 3.70. The summed E-state index contributed by atoms with van der Waals surface area (Å²) in [7, 11) is 0. The zero-order valence-corrected chi connectivity index (χ0v) is 13.5. The lowest BCUT2D eigenvalue weighted by Crippen LogP contribution is -2.39. The lowest BCUT2D eigenvalue weighted by atomic mass is 9.99. The van der Waals surface area contributed by atoms with Crippen LogP contribution in [0.25, 0.3) is 0 Å². The number of halogens is 3. The molecule has 1 aliphatic heterocycles. The van der Waals surface area contributed by atoms with Gasteiger partial charge in [0.2, 0.25) is 0 Å². The van der Waals surface area contributed by atoms with Crippen molar-refractivity contribution in [1.29, 1.82) is 0 Å². The molecule has 0 aromatic heterocycles. The highest BCUT2D eigenvalue weighted by molar-refractivity contribution is 9.10. The topological polar surface area (TPSA) is 3.24 Å². The Balaban J connectivity index is 2.05. The molecule has 0 bridgehead atoms. The van der Waals surface area contributed by atoms with Crippen LogP contribution >= 0.6 is 31.9 Å². The van der Waals surface area contributed by atoms with Gasteiger partial charge in [0.05, 0.1) is 0 Å². The van der Waals surface area contributed by atoms with E-state index in [4.69, 9.17) is 0 Å². The van der Waals surface area contributed by atoms with Gasteiger partial charge in [-0.25, -0.2) is 4.39 Å². The summed E-state index contributed by atoms with van der Waals surface area (Å²) in [5.74, 6) is -0.159. The smallest absolute Gasteiger partial charge is 0.124 e. The predicted octanol–water partition coefficient (Wildman–Crippen LogP) is 4.73. The highest BCUT2D eigenvalue weighted by Gasteiger charge is 2.21. The third-order valence-corrected chi connectivity index (χ3v) is 4.42. The van der Waals surface area contributed by atoms with Gasteiger partial charge in [-0.2, -0.15) is 0 Å². The Labute approximate surface area is 125 Å². The number of nitrogens with zero attached hydrogens (tertiary/aromatic N) is 1. The maximum atomic E-state index is 13.4. The van der Waals surface area contributed by atoms with Crippen LogP contribution in [0.15, 0.2) is 22.7 Å². The van der Waals surface area contributed by atoms with Crippen molar-refractivity contribution >= 4 is 31.9 Å². The molecule has 18 heavy (non-hydrogen) atoms. The summed E-state index contributed by atoms with van der Waals surface area (Å²) in [5.41, 5.74) is 1.06. The van der Waals surface area contributed by atoms with E-state index in [1.54, 1.807) is 6.07 Å². The first-order valence-electron chi connectivity index (χ1n) is 6.44. The van der Waals surface area contributed by atoms with Crippen LogP contribution in [0.2, 0.25) is 0 Å². The van der Waals surface area contributed by atoms with Gasteiger partial charge >= 0.3 is 0 Å². The minimum Gasteiger partial charge on any atom is -0.296 e. The molecule has 1 nitrogen and oxygen atoms in total. The molecule has 1 aromatic rings. The number of piperidine rings is 1. The zero-order chi connectivity index (χ0) is 13.0. The van der Waals surface area contributed by atoms with Crippen LogP contribution in [0.4, 0.5) is 4.39 Å². The molecule has 1 saturated heterocycles. The molecule has 0 radical (unpaired) electrons. The summed E-state index contributed by atoms with van der Waals surface area (Å²) in [6, 6.07) is 5.81. The monoisotopic (exact) mass is 377 g/mol. The largest absolute Gasteiger partial charge is 0.296 e. The van der Waals surface area contributed by atoms with Crippen molar-refractivity contribution in [1.82, 2.24) is 4.90 Å². The van der Waals surface area contributed by atoms with E-state index in [1.807, 2.05) is 6.07 Å². The van der Waals surface area contributed by atoms with E-state index in [0.29, 0.717) is 6.04 Å².